The van der Waals surface area contributed by atoms with Gasteiger partial charge in [0.15, 0.2) is 6.61 Å². The van der Waals surface area contributed by atoms with Crippen molar-refractivity contribution in [3.05, 3.63) is 51.1 Å². The normalized spacial score (nSPS) is 10.3. The van der Waals surface area contributed by atoms with Gasteiger partial charge in [-0.3, -0.25) is 4.79 Å². The minimum Gasteiger partial charge on any atom is -0.482 e. The largest absolute Gasteiger partial charge is 0.482 e. The number of nitrogens with zero attached hydrogens (tertiary/aromatic N) is 1. The van der Waals surface area contributed by atoms with Crippen molar-refractivity contribution in [2.45, 2.75) is 13.5 Å². The summed E-state index contributed by atoms with van der Waals surface area (Å²) in [7, 11) is 1.55. The number of halogens is 2. The molecule has 122 valence electrons. The number of ether oxygens (including phenoxy) is 2. The van der Waals surface area contributed by atoms with Crippen LogP contribution in [0.4, 0.5) is 0 Å². The molecule has 7 heteroatoms. The number of pyridine rings is 1. The zero-order valence-corrected chi connectivity index (χ0v) is 15.1. The van der Waals surface area contributed by atoms with Crippen molar-refractivity contribution in [1.29, 1.82) is 0 Å². The molecule has 0 aliphatic rings. The predicted molar refractivity (Wildman–Crippen MR) is 92.0 cm³/mol. The van der Waals surface area contributed by atoms with Gasteiger partial charge < -0.3 is 14.8 Å². The standard InChI is InChI=1S/C16H16BrClN2O3/c1-10-5-12(17)6-13(18)16(10)23-9-14(21)19-7-11-3-4-15(22-2)20-8-11/h3-6,8H,7,9H2,1-2H3,(H,19,21). The van der Waals surface area contributed by atoms with E-state index in [-0.39, 0.29) is 12.5 Å². The SMILES string of the molecule is COc1ccc(CNC(=O)COc2c(C)cc(Br)cc2Cl)cn1. The van der Waals surface area contributed by atoms with Gasteiger partial charge in [0.1, 0.15) is 5.75 Å². The molecule has 1 N–H and O–H groups in total. The molecule has 5 nitrogen and oxygen atoms in total. The molecule has 0 radical (unpaired) electrons. The number of aromatic nitrogens is 1. The number of amides is 1. The summed E-state index contributed by atoms with van der Waals surface area (Å²) >= 11 is 9.47. The van der Waals surface area contributed by atoms with Crippen LogP contribution in [-0.4, -0.2) is 24.6 Å². The van der Waals surface area contributed by atoms with Gasteiger partial charge in [-0.05, 0) is 30.2 Å². The highest BCUT2D eigenvalue weighted by Crippen LogP contribution is 2.31. The van der Waals surface area contributed by atoms with Gasteiger partial charge in [0, 0.05) is 23.3 Å². The molecule has 0 fully saturated rings. The fraction of sp³-hybridized carbons (Fsp3) is 0.250. The minimum absolute atomic E-state index is 0.105. The van der Waals surface area contributed by atoms with Crippen LogP contribution in [0.1, 0.15) is 11.1 Å². The Kier molecular flexibility index (Phi) is 6.24. The Morgan fingerprint density at radius 2 is 2.17 bits per heavy atom. The topological polar surface area (TPSA) is 60.5 Å². The van der Waals surface area contributed by atoms with E-state index in [1.54, 1.807) is 25.4 Å². The quantitative estimate of drug-likeness (QED) is 0.807. The highest BCUT2D eigenvalue weighted by atomic mass is 79.9. The maximum atomic E-state index is 11.9. The first kappa shape index (κ1) is 17.6. The van der Waals surface area contributed by atoms with Crippen LogP contribution in [-0.2, 0) is 11.3 Å². The molecule has 0 unspecified atom stereocenters. The smallest absolute Gasteiger partial charge is 0.258 e. The van der Waals surface area contributed by atoms with Crippen molar-refractivity contribution in [2.24, 2.45) is 0 Å². The van der Waals surface area contributed by atoms with Gasteiger partial charge in [0.25, 0.3) is 5.91 Å². The minimum atomic E-state index is -0.237. The van der Waals surface area contributed by atoms with Gasteiger partial charge in [0.2, 0.25) is 5.88 Å². The molecule has 23 heavy (non-hydrogen) atoms. The third kappa shape index (κ3) is 5.11. The van der Waals surface area contributed by atoms with E-state index in [4.69, 9.17) is 21.1 Å². The van der Waals surface area contributed by atoms with Crippen molar-refractivity contribution in [3.8, 4) is 11.6 Å². The summed E-state index contributed by atoms with van der Waals surface area (Å²) in [6.07, 6.45) is 1.65. The second-order valence-electron chi connectivity index (χ2n) is 4.81. The van der Waals surface area contributed by atoms with Crippen LogP contribution in [0.2, 0.25) is 5.02 Å². The Bertz CT molecular complexity index is 669. The van der Waals surface area contributed by atoms with E-state index in [9.17, 15) is 4.79 Å². The Morgan fingerprint density at radius 1 is 1.39 bits per heavy atom. The van der Waals surface area contributed by atoms with E-state index in [1.165, 1.54) is 0 Å². The number of rotatable bonds is 6. The van der Waals surface area contributed by atoms with Gasteiger partial charge in [0.05, 0.1) is 12.1 Å². The summed E-state index contributed by atoms with van der Waals surface area (Å²) < 4.78 is 11.4. The summed E-state index contributed by atoms with van der Waals surface area (Å²) in [6.45, 7) is 2.13. The van der Waals surface area contributed by atoms with Crippen LogP contribution in [0.25, 0.3) is 0 Å². The summed E-state index contributed by atoms with van der Waals surface area (Å²) in [5.74, 6) is 0.805. The molecule has 1 aromatic carbocycles. The molecule has 2 rings (SSSR count). The van der Waals surface area contributed by atoms with Gasteiger partial charge in [-0.2, -0.15) is 0 Å². The zero-order chi connectivity index (χ0) is 16.8. The Labute approximate surface area is 148 Å². The maximum Gasteiger partial charge on any atom is 0.258 e. The lowest BCUT2D eigenvalue weighted by molar-refractivity contribution is -0.123. The van der Waals surface area contributed by atoms with Gasteiger partial charge in [-0.1, -0.05) is 33.6 Å². The van der Waals surface area contributed by atoms with Gasteiger partial charge in [-0.15, -0.1) is 0 Å². The van der Waals surface area contributed by atoms with Gasteiger partial charge in [-0.25, -0.2) is 4.98 Å². The van der Waals surface area contributed by atoms with E-state index < -0.39 is 0 Å². The van der Waals surface area contributed by atoms with E-state index in [0.717, 1.165) is 15.6 Å². The fourth-order valence-corrected chi connectivity index (χ4v) is 2.92. The summed E-state index contributed by atoms with van der Waals surface area (Å²) in [5, 5.41) is 3.22. The number of aryl methyl sites for hydroxylation is 1. The number of carbonyl (C=O) groups is 1. The molecule has 0 saturated carbocycles. The van der Waals surface area contributed by atoms with Crippen LogP contribution < -0.4 is 14.8 Å². The number of hydrogen-bond acceptors (Lipinski definition) is 4. The molecule has 0 spiro atoms. The molecule has 0 saturated heterocycles. The van der Waals surface area contributed by atoms with Crippen molar-refractivity contribution in [3.63, 3.8) is 0 Å². The van der Waals surface area contributed by atoms with Crippen molar-refractivity contribution in [1.82, 2.24) is 10.3 Å². The van der Waals surface area contributed by atoms with Crippen molar-refractivity contribution < 1.29 is 14.3 Å². The third-order valence-corrected chi connectivity index (χ3v) is 3.78. The third-order valence-electron chi connectivity index (χ3n) is 3.04. The number of benzene rings is 1. The first-order valence-electron chi connectivity index (χ1n) is 6.83. The Morgan fingerprint density at radius 3 is 2.78 bits per heavy atom. The number of nitrogens with one attached hydrogen (secondary N) is 1. The van der Waals surface area contributed by atoms with Gasteiger partial charge >= 0.3 is 0 Å². The molecular weight excluding hydrogens is 384 g/mol. The monoisotopic (exact) mass is 398 g/mol. The lowest BCUT2D eigenvalue weighted by atomic mass is 10.2. The van der Waals surface area contributed by atoms with Crippen LogP contribution in [0.5, 0.6) is 11.6 Å². The lowest BCUT2D eigenvalue weighted by Crippen LogP contribution is -2.28. The van der Waals surface area contributed by atoms with E-state index in [0.29, 0.717) is 23.2 Å². The average Bonchev–Trinajstić information content (AvgIpc) is 2.52. The highest BCUT2D eigenvalue weighted by Gasteiger charge is 2.10. The number of carbonyl (C=O) groups excluding carboxylic acids is 1. The maximum absolute atomic E-state index is 11.9. The van der Waals surface area contributed by atoms with E-state index in [2.05, 4.69) is 26.2 Å². The lowest BCUT2D eigenvalue weighted by Gasteiger charge is -2.11. The van der Waals surface area contributed by atoms with Crippen molar-refractivity contribution in [2.75, 3.05) is 13.7 Å². The molecule has 0 atom stereocenters. The zero-order valence-electron chi connectivity index (χ0n) is 12.7. The van der Waals surface area contributed by atoms with Crippen LogP contribution in [0.3, 0.4) is 0 Å². The molecule has 1 amide bonds. The van der Waals surface area contributed by atoms with E-state index in [1.807, 2.05) is 19.1 Å². The Balaban J connectivity index is 1.85. The summed E-state index contributed by atoms with van der Waals surface area (Å²) in [4.78, 5) is 15.9. The molecule has 1 aromatic heterocycles. The summed E-state index contributed by atoms with van der Waals surface area (Å²) in [6, 6.07) is 7.18. The van der Waals surface area contributed by atoms with Crippen LogP contribution in [0.15, 0.2) is 34.9 Å². The molecular formula is C16H16BrClN2O3. The van der Waals surface area contributed by atoms with E-state index >= 15 is 0 Å². The second kappa shape index (κ2) is 8.17. The first-order chi connectivity index (χ1) is 11.0. The molecule has 0 aliphatic carbocycles. The Hall–Kier alpha value is -1.79. The van der Waals surface area contributed by atoms with Crippen LogP contribution in [0, 0.1) is 6.92 Å². The highest BCUT2D eigenvalue weighted by molar-refractivity contribution is 9.10. The van der Waals surface area contributed by atoms with Crippen molar-refractivity contribution >= 4 is 33.4 Å². The fourth-order valence-electron chi connectivity index (χ4n) is 1.90. The molecule has 1 heterocycles. The molecule has 0 bridgehead atoms. The van der Waals surface area contributed by atoms with Crippen LogP contribution >= 0.6 is 27.5 Å². The average molecular weight is 400 g/mol. The second-order valence-corrected chi connectivity index (χ2v) is 6.13. The number of hydrogen-bond donors (Lipinski definition) is 1. The number of methoxy groups -OCH3 is 1. The molecule has 2 aromatic rings. The summed E-state index contributed by atoms with van der Waals surface area (Å²) in [5.41, 5.74) is 1.73. The first-order valence-corrected chi connectivity index (χ1v) is 8.00. The predicted octanol–water partition coefficient (Wildman–Crippen LogP) is 3.51. The molecule has 0 aliphatic heterocycles.